The number of amides is 1. The second-order valence-electron chi connectivity index (χ2n) is 10.9. The first-order chi connectivity index (χ1) is 16.3. The minimum absolute atomic E-state index is 0.0809. The topological polar surface area (TPSA) is 87.3 Å². The van der Waals surface area contributed by atoms with E-state index in [-0.39, 0.29) is 24.1 Å². The van der Waals surface area contributed by atoms with Gasteiger partial charge in [-0.15, -0.1) is 0 Å². The van der Waals surface area contributed by atoms with Crippen molar-refractivity contribution < 1.29 is 9.53 Å². The summed E-state index contributed by atoms with van der Waals surface area (Å²) < 4.78 is 7.84. The van der Waals surface area contributed by atoms with Crippen molar-refractivity contribution in [2.45, 2.75) is 77.7 Å². The Morgan fingerprint density at radius 2 is 2.09 bits per heavy atom. The predicted molar refractivity (Wildman–Crippen MR) is 131 cm³/mol. The van der Waals surface area contributed by atoms with E-state index in [2.05, 4.69) is 37.7 Å². The normalized spacial score (nSPS) is 22.1. The van der Waals surface area contributed by atoms with Crippen LogP contribution in [-0.2, 0) is 29.1 Å². The summed E-state index contributed by atoms with van der Waals surface area (Å²) in [5.41, 5.74) is 4.29. The van der Waals surface area contributed by atoms with Crippen molar-refractivity contribution in [3.05, 3.63) is 40.8 Å². The molecule has 0 unspecified atom stereocenters. The number of carbonyl (C=O) groups excluding carboxylic acids is 1. The van der Waals surface area contributed by atoms with Crippen molar-refractivity contribution in [3.63, 3.8) is 0 Å². The molecule has 1 amide bonds. The fraction of sp³-hybridized carbons (Fsp3) is 0.615. The molecular formula is C26H36N6O2. The summed E-state index contributed by atoms with van der Waals surface area (Å²) in [6.45, 7) is 11.5. The molecule has 0 radical (unpaired) electrons. The van der Waals surface area contributed by atoms with E-state index in [0.717, 1.165) is 24.3 Å². The van der Waals surface area contributed by atoms with Gasteiger partial charge < -0.3 is 19.9 Å². The molecule has 8 nitrogen and oxygen atoms in total. The zero-order valence-corrected chi connectivity index (χ0v) is 20.8. The van der Waals surface area contributed by atoms with Gasteiger partial charge in [0.15, 0.2) is 0 Å². The third kappa shape index (κ3) is 4.35. The number of nitrogens with zero attached hydrogens (tertiary/aromatic N) is 5. The number of piperazine rings is 1. The van der Waals surface area contributed by atoms with E-state index < -0.39 is 0 Å². The molecule has 1 saturated carbocycles. The van der Waals surface area contributed by atoms with E-state index in [4.69, 9.17) is 15.1 Å². The highest BCUT2D eigenvalue weighted by Gasteiger charge is 2.39. The largest absolute Gasteiger partial charge is 0.370 e. The maximum absolute atomic E-state index is 13.1. The molecule has 2 aromatic rings. The fourth-order valence-corrected chi connectivity index (χ4v) is 5.39. The first-order valence-corrected chi connectivity index (χ1v) is 12.5. The van der Waals surface area contributed by atoms with Crippen LogP contribution in [0.3, 0.4) is 0 Å². The van der Waals surface area contributed by atoms with Gasteiger partial charge in [0.25, 0.3) is 0 Å². The number of aromatic nitrogens is 3. The molecule has 1 atom stereocenters. The van der Waals surface area contributed by atoms with Gasteiger partial charge in [0.05, 0.1) is 23.9 Å². The summed E-state index contributed by atoms with van der Waals surface area (Å²) in [6.07, 6.45) is 8.16. The van der Waals surface area contributed by atoms with Crippen LogP contribution in [0.5, 0.6) is 0 Å². The second-order valence-corrected chi connectivity index (χ2v) is 10.9. The van der Waals surface area contributed by atoms with Gasteiger partial charge >= 0.3 is 0 Å². The lowest BCUT2D eigenvalue weighted by atomic mass is 9.87. The Morgan fingerprint density at radius 1 is 1.29 bits per heavy atom. The minimum Gasteiger partial charge on any atom is -0.370 e. The van der Waals surface area contributed by atoms with Crippen molar-refractivity contribution in [2.24, 2.45) is 5.92 Å². The fourth-order valence-electron chi connectivity index (χ4n) is 5.39. The van der Waals surface area contributed by atoms with Crippen LogP contribution in [0.15, 0.2) is 18.5 Å². The van der Waals surface area contributed by atoms with Gasteiger partial charge in [-0.1, -0.05) is 13.8 Å². The lowest BCUT2D eigenvalue weighted by molar-refractivity contribution is -0.135. The second kappa shape index (κ2) is 8.80. The van der Waals surface area contributed by atoms with E-state index in [1.165, 1.54) is 35.9 Å². The third-order valence-electron chi connectivity index (χ3n) is 7.45. The van der Waals surface area contributed by atoms with Crippen LogP contribution < -0.4 is 4.90 Å². The van der Waals surface area contributed by atoms with E-state index in [0.29, 0.717) is 31.5 Å². The molecule has 1 N–H and O–H groups in total. The number of anilines is 1. The van der Waals surface area contributed by atoms with Crippen molar-refractivity contribution >= 4 is 17.9 Å². The molecule has 1 aliphatic carbocycles. The summed E-state index contributed by atoms with van der Waals surface area (Å²) in [4.78, 5) is 22.7. The molecule has 0 spiro atoms. The highest BCUT2D eigenvalue weighted by molar-refractivity contribution is 5.88. The summed E-state index contributed by atoms with van der Waals surface area (Å²) >= 11 is 0. The van der Waals surface area contributed by atoms with Gasteiger partial charge in [-0.25, -0.2) is 4.98 Å². The molecule has 8 heteroatoms. The molecule has 0 bridgehead atoms. The van der Waals surface area contributed by atoms with Gasteiger partial charge in [0.2, 0.25) is 5.91 Å². The third-order valence-corrected chi connectivity index (χ3v) is 7.45. The molecule has 4 heterocycles. The molecule has 0 aromatic carbocycles. The van der Waals surface area contributed by atoms with Crippen LogP contribution in [0, 0.1) is 11.3 Å². The smallest absolute Gasteiger partial charge is 0.244 e. The van der Waals surface area contributed by atoms with Gasteiger partial charge in [0.1, 0.15) is 12.4 Å². The zero-order chi connectivity index (χ0) is 24.0. The number of hydrogen-bond acceptors (Lipinski definition) is 6. The van der Waals surface area contributed by atoms with E-state index in [9.17, 15) is 4.79 Å². The number of rotatable bonds is 6. The quantitative estimate of drug-likeness (QED) is 0.663. The number of nitrogens with one attached hydrogen (secondary N) is 1. The number of ether oxygens (including phenoxy) is 1. The first kappa shape index (κ1) is 23.0. The summed E-state index contributed by atoms with van der Waals surface area (Å²) in [6, 6.07) is 1.92. The molecule has 34 heavy (non-hydrogen) atoms. The van der Waals surface area contributed by atoms with Crippen LogP contribution in [0.1, 0.15) is 68.8 Å². The molecule has 1 saturated heterocycles. The lowest BCUT2D eigenvalue weighted by Gasteiger charge is -2.45. The standard InChI is InChI=1S/C26H36N6O2/c1-17(2)22-14-30(10-11-32(22)23(33)15-31-9-5-8-28-31)25-20(13-27)19-12-26(3,4)34-16-21(19)24(29-25)18-6-7-18/h5,8-9,13,17-18,22,27H,6-7,10-12,14-16H2,1-4H3/t22-/m0/s1. The molecular weight excluding hydrogens is 428 g/mol. The molecule has 182 valence electrons. The van der Waals surface area contributed by atoms with Crippen molar-refractivity contribution in [3.8, 4) is 0 Å². The van der Waals surface area contributed by atoms with Gasteiger partial charge in [-0.2, -0.15) is 5.10 Å². The number of carbonyl (C=O) groups is 1. The molecule has 3 aliphatic rings. The minimum atomic E-state index is -0.248. The Kier molecular flexibility index (Phi) is 5.96. The van der Waals surface area contributed by atoms with E-state index in [1.54, 1.807) is 10.9 Å². The Morgan fingerprint density at radius 3 is 2.74 bits per heavy atom. The van der Waals surface area contributed by atoms with Crippen LogP contribution >= 0.6 is 0 Å². The number of hydrogen-bond donors (Lipinski definition) is 1. The Hall–Kier alpha value is -2.74. The van der Waals surface area contributed by atoms with Crippen LogP contribution in [-0.4, -0.2) is 63.1 Å². The van der Waals surface area contributed by atoms with E-state index >= 15 is 0 Å². The predicted octanol–water partition coefficient (Wildman–Crippen LogP) is 3.38. The maximum Gasteiger partial charge on any atom is 0.244 e. The maximum atomic E-state index is 13.1. The molecule has 2 aliphatic heterocycles. The number of fused-ring (bicyclic) bond motifs is 1. The highest BCUT2D eigenvalue weighted by Crippen LogP contribution is 2.45. The van der Waals surface area contributed by atoms with Crippen LogP contribution in [0.4, 0.5) is 5.82 Å². The number of pyridine rings is 1. The van der Waals surface area contributed by atoms with Crippen molar-refractivity contribution in [1.82, 2.24) is 19.7 Å². The zero-order valence-electron chi connectivity index (χ0n) is 20.8. The van der Waals surface area contributed by atoms with Crippen LogP contribution in [0.2, 0.25) is 0 Å². The summed E-state index contributed by atoms with van der Waals surface area (Å²) in [7, 11) is 0. The Labute approximate surface area is 201 Å². The van der Waals surface area contributed by atoms with Gasteiger partial charge in [-0.05, 0) is 44.2 Å². The van der Waals surface area contributed by atoms with E-state index in [1.807, 2.05) is 17.2 Å². The average molecular weight is 465 g/mol. The average Bonchev–Trinajstić information content (AvgIpc) is 3.53. The van der Waals surface area contributed by atoms with Crippen molar-refractivity contribution in [1.29, 1.82) is 5.41 Å². The highest BCUT2D eigenvalue weighted by atomic mass is 16.5. The SMILES string of the molecule is CC(C)[C@@H]1CN(c2nc(C3CC3)c3c(c2C=N)CC(C)(C)OC3)CCN1C(=O)Cn1cccn1. The Bertz CT molecular complexity index is 1070. The van der Waals surface area contributed by atoms with Crippen LogP contribution in [0.25, 0.3) is 0 Å². The lowest BCUT2D eigenvalue weighted by Crippen LogP contribution is -2.58. The molecule has 2 fully saturated rings. The summed E-state index contributed by atoms with van der Waals surface area (Å²) in [5.74, 6) is 1.83. The van der Waals surface area contributed by atoms with Gasteiger partial charge in [-0.3, -0.25) is 9.48 Å². The van der Waals surface area contributed by atoms with Gasteiger partial charge in [0, 0.05) is 61.7 Å². The Balaban J connectivity index is 1.46. The van der Waals surface area contributed by atoms with Crippen molar-refractivity contribution in [2.75, 3.05) is 24.5 Å². The molecule has 5 rings (SSSR count). The first-order valence-electron chi connectivity index (χ1n) is 12.5. The monoisotopic (exact) mass is 464 g/mol. The summed E-state index contributed by atoms with van der Waals surface area (Å²) in [5, 5.41) is 12.5. The molecule has 2 aromatic heterocycles.